The van der Waals surface area contributed by atoms with Gasteiger partial charge < -0.3 is 10.4 Å². The number of carbonyl (C=O) groups is 2. The molecule has 1 aromatic rings. The number of sulfone groups is 1. The van der Waals surface area contributed by atoms with Crippen molar-refractivity contribution in [2.45, 2.75) is 42.5 Å². The number of nitrogens with zero attached hydrogens (tertiary/aromatic N) is 1. The van der Waals surface area contributed by atoms with E-state index >= 15 is 0 Å². The van der Waals surface area contributed by atoms with Gasteiger partial charge in [0.15, 0.2) is 9.84 Å². The number of hydrogen-bond donors (Lipinski definition) is 2. The number of nitrogens with one attached hydrogen (secondary N) is 1. The zero-order valence-electron chi connectivity index (χ0n) is 13.5. The van der Waals surface area contributed by atoms with Crippen LogP contribution in [0.3, 0.4) is 0 Å². The molecule has 0 radical (unpaired) electrons. The Morgan fingerprint density at radius 2 is 1.80 bits per heavy atom. The van der Waals surface area contributed by atoms with Gasteiger partial charge in [-0.05, 0) is 18.9 Å². The van der Waals surface area contributed by atoms with E-state index in [0.717, 1.165) is 30.9 Å². The van der Waals surface area contributed by atoms with Crippen molar-refractivity contribution in [3.8, 4) is 0 Å². The maximum atomic E-state index is 12.5. The van der Waals surface area contributed by atoms with Crippen molar-refractivity contribution in [3.05, 3.63) is 33.9 Å². The Morgan fingerprint density at radius 3 is 2.28 bits per heavy atom. The van der Waals surface area contributed by atoms with Gasteiger partial charge in [-0.3, -0.25) is 14.9 Å². The number of carbonyl (C=O) groups excluding carboxylic acids is 1. The first-order valence-corrected chi connectivity index (χ1v) is 9.50. The molecule has 136 valence electrons. The van der Waals surface area contributed by atoms with Gasteiger partial charge in [0.05, 0.1) is 9.82 Å². The largest absolute Gasteiger partial charge is 0.480 e. The molecule has 25 heavy (non-hydrogen) atoms. The van der Waals surface area contributed by atoms with Crippen LogP contribution in [-0.4, -0.2) is 42.1 Å². The second kappa shape index (κ2) is 6.79. The minimum absolute atomic E-state index is 0.252. The molecule has 0 bridgehead atoms. The summed E-state index contributed by atoms with van der Waals surface area (Å²) < 4.78 is 23.4. The second-order valence-electron chi connectivity index (χ2n) is 6.15. The van der Waals surface area contributed by atoms with E-state index in [2.05, 4.69) is 5.32 Å². The van der Waals surface area contributed by atoms with Crippen LogP contribution in [0, 0.1) is 10.1 Å². The number of aliphatic carboxylic acids is 1. The van der Waals surface area contributed by atoms with Gasteiger partial charge >= 0.3 is 5.97 Å². The lowest BCUT2D eigenvalue weighted by molar-refractivity contribution is -0.385. The van der Waals surface area contributed by atoms with E-state index in [-0.39, 0.29) is 23.3 Å². The SMILES string of the molecule is CS(=O)(=O)c1cc(C(=O)NC2(C(=O)O)CCCCC2)cc([N+](=O)[O-])c1. The van der Waals surface area contributed by atoms with Crippen molar-refractivity contribution in [1.82, 2.24) is 5.32 Å². The summed E-state index contributed by atoms with van der Waals surface area (Å²) in [4.78, 5) is 33.9. The number of rotatable bonds is 5. The predicted molar refractivity (Wildman–Crippen MR) is 87.1 cm³/mol. The van der Waals surface area contributed by atoms with Crippen LogP contribution in [0.5, 0.6) is 0 Å². The summed E-state index contributed by atoms with van der Waals surface area (Å²) in [5.74, 6) is -2.02. The average molecular weight is 370 g/mol. The summed E-state index contributed by atoms with van der Waals surface area (Å²) in [5, 5.41) is 22.9. The molecule has 10 heteroatoms. The zero-order valence-corrected chi connectivity index (χ0v) is 14.3. The Labute approximate surface area is 144 Å². The number of carboxylic acid groups (broad SMARTS) is 1. The number of benzene rings is 1. The fraction of sp³-hybridized carbons (Fsp3) is 0.467. The molecule has 1 saturated carbocycles. The number of carboxylic acids is 1. The molecule has 2 N–H and O–H groups in total. The third-order valence-electron chi connectivity index (χ3n) is 4.26. The van der Waals surface area contributed by atoms with E-state index < -0.39 is 37.9 Å². The molecule has 9 nitrogen and oxygen atoms in total. The Morgan fingerprint density at radius 1 is 1.20 bits per heavy atom. The number of amides is 1. The first-order valence-electron chi connectivity index (χ1n) is 7.61. The number of nitro groups is 1. The molecule has 0 saturated heterocycles. The molecule has 1 aliphatic rings. The summed E-state index contributed by atoms with van der Waals surface area (Å²) in [6, 6.07) is 2.80. The van der Waals surface area contributed by atoms with Gasteiger partial charge in [0.25, 0.3) is 11.6 Å². The summed E-state index contributed by atoms with van der Waals surface area (Å²) in [6.45, 7) is 0. The monoisotopic (exact) mass is 370 g/mol. The maximum Gasteiger partial charge on any atom is 0.329 e. The maximum absolute atomic E-state index is 12.5. The Bertz CT molecular complexity index is 826. The topological polar surface area (TPSA) is 144 Å². The molecule has 1 aromatic carbocycles. The van der Waals surface area contributed by atoms with E-state index in [9.17, 15) is 33.2 Å². The highest BCUT2D eigenvalue weighted by atomic mass is 32.2. The molecule has 1 fully saturated rings. The summed E-state index contributed by atoms with van der Waals surface area (Å²) in [6.07, 6.45) is 3.50. The highest BCUT2D eigenvalue weighted by Crippen LogP contribution is 2.29. The number of nitro benzene ring substituents is 1. The molecule has 0 aliphatic heterocycles. The third kappa shape index (κ3) is 4.13. The first-order chi connectivity index (χ1) is 11.5. The minimum Gasteiger partial charge on any atom is -0.480 e. The number of hydrogen-bond acceptors (Lipinski definition) is 6. The standard InChI is InChI=1S/C15H18N2O7S/c1-25(23,24)12-8-10(7-11(9-12)17(21)22)13(18)16-15(14(19)20)5-3-2-4-6-15/h7-9H,2-6H2,1H3,(H,16,18)(H,19,20). The van der Waals surface area contributed by atoms with Crippen molar-refractivity contribution >= 4 is 27.4 Å². The van der Waals surface area contributed by atoms with Crippen LogP contribution in [0.15, 0.2) is 23.1 Å². The third-order valence-corrected chi connectivity index (χ3v) is 5.35. The van der Waals surface area contributed by atoms with Gasteiger partial charge in [-0.25, -0.2) is 13.2 Å². The first kappa shape index (κ1) is 18.8. The molecule has 2 rings (SSSR count). The smallest absolute Gasteiger partial charge is 0.329 e. The lowest BCUT2D eigenvalue weighted by Gasteiger charge is -2.34. The normalized spacial score (nSPS) is 16.8. The average Bonchev–Trinajstić information content (AvgIpc) is 2.54. The molecular formula is C15H18N2O7S. The van der Waals surface area contributed by atoms with Crippen LogP contribution in [0.2, 0.25) is 0 Å². The van der Waals surface area contributed by atoms with Gasteiger partial charge in [0.2, 0.25) is 0 Å². The van der Waals surface area contributed by atoms with Gasteiger partial charge in [-0.2, -0.15) is 0 Å². The molecule has 0 atom stereocenters. The lowest BCUT2D eigenvalue weighted by Crippen LogP contribution is -2.55. The Hall–Kier alpha value is -2.49. The predicted octanol–water partition coefficient (Wildman–Crippen LogP) is 1.52. The fourth-order valence-corrected chi connectivity index (χ4v) is 3.55. The van der Waals surface area contributed by atoms with Gasteiger partial charge in [0, 0.05) is 24.0 Å². The van der Waals surface area contributed by atoms with Crippen LogP contribution in [0.4, 0.5) is 5.69 Å². The van der Waals surface area contributed by atoms with Crippen LogP contribution in [0.1, 0.15) is 42.5 Å². The van der Waals surface area contributed by atoms with E-state index in [4.69, 9.17) is 0 Å². The summed E-state index contributed by atoms with van der Waals surface area (Å²) in [7, 11) is -3.78. The van der Waals surface area contributed by atoms with Crippen LogP contribution in [-0.2, 0) is 14.6 Å². The molecule has 0 spiro atoms. The minimum atomic E-state index is -3.78. The van der Waals surface area contributed by atoms with E-state index in [1.807, 2.05) is 0 Å². The quantitative estimate of drug-likeness (QED) is 0.590. The van der Waals surface area contributed by atoms with Crippen LogP contribution >= 0.6 is 0 Å². The van der Waals surface area contributed by atoms with Crippen molar-refractivity contribution in [3.63, 3.8) is 0 Å². The van der Waals surface area contributed by atoms with E-state index in [1.54, 1.807) is 0 Å². The Balaban J connectivity index is 2.42. The highest BCUT2D eigenvalue weighted by molar-refractivity contribution is 7.90. The van der Waals surface area contributed by atoms with Crippen LogP contribution in [0.25, 0.3) is 0 Å². The summed E-state index contributed by atoms with van der Waals surface area (Å²) >= 11 is 0. The molecule has 0 unspecified atom stereocenters. The van der Waals surface area contributed by atoms with Gasteiger partial charge in [-0.15, -0.1) is 0 Å². The number of non-ortho nitro benzene ring substituents is 1. The lowest BCUT2D eigenvalue weighted by atomic mass is 9.81. The van der Waals surface area contributed by atoms with Crippen molar-refractivity contribution in [2.24, 2.45) is 0 Å². The molecule has 0 aromatic heterocycles. The molecular weight excluding hydrogens is 352 g/mol. The Kier molecular flexibility index (Phi) is 5.12. The molecule has 1 amide bonds. The van der Waals surface area contributed by atoms with Gasteiger partial charge in [-0.1, -0.05) is 19.3 Å². The van der Waals surface area contributed by atoms with Crippen molar-refractivity contribution in [2.75, 3.05) is 6.26 Å². The highest BCUT2D eigenvalue weighted by Gasteiger charge is 2.41. The molecule has 0 heterocycles. The van der Waals surface area contributed by atoms with Crippen LogP contribution < -0.4 is 5.32 Å². The van der Waals surface area contributed by atoms with Crippen molar-refractivity contribution in [1.29, 1.82) is 0 Å². The van der Waals surface area contributed by atoms with E-state index in [1.165, 1.54) is 0 Å². The zero-order chi connectivity index (χ0) is 18.8. The van der Waals surface area contributed by atoms with E-state index in [0.29, 0.717) is 12.8 Å². The van der Waals surface area contributed by atoms with Crippen molar-refractivity contribution < 1.29 is 28.0 Å². The summed E-state index contributed by atoms with van der Waals surface area (Å²) in [5.41, 5.74) is -2.26. The van der Waals surface area contributed by atoms with Gasteiger partial charge in [0.1, 0.15) is 5.54 Å². The molecule has 1 aliphatic carbocycles. The second-order valence-corrected chi connectivity index (χ2v) is 8.16. The fourth-order valence-electron chi connectivity index (χ4n) is 2.87.